The lowest BCUT2D eigenvalue weighted by atomic mass is 9.47. The smallest absolute Gasteiger partial charge is 0.407 e. The summed E-state index contributed by atoms with van der Waals surface area (Å²) in [6.07, 6.45) is 16.7. The van der Waals surface area contributed by atoms with Crippen molar-refractivity contribution in [2.24, 2.45) is 46.3 Å². The molecule has 0 aromatic rings. The average Bonchev–Trinajstić information content (AvgIpc) is 3.57. The Kier molecular flexibility index (Phi) is 10.8. The quantitative estimate of drug-likeness (QED) is 0.231. The number of nitrogens with one attached hydrogen (secondary N) is 3. The number of carbonyl (C=O) groups excluding carboxylic acids is 2. The first-order valence-electron chi connectivity index (χ1n) is 18.2. The van der Waals surface area contributed by atoms with Crippen molar-refractivity contribution in [1.82, 2.24) is 20.9 Å². The average molecular weight is 613 g/mol. The summed E-state index contributed by atoms with van der Waals surface area (Å²) in [5, 5.41) is 9.28. The minimum atomic E-state index is -0.332. The Morgan fingerprint density at radius 1 is 1.07 bits per heavy atom. The van der Waals surface area contributed by atoms with Crippen LogP contribution in [0.4, 0.5) is 4.79 Å². The molecule has 44 heavy (non-hydrogen) atoms. The fraction of sp³-hybridized carbons (Fsp3) is 0.892. The van der Waals surface area contributed by atoms with Crippen LogP contribution in [0.2, 0.25) is 0 Å². The topological polar surface area (TPSA) is 82.7 Å². The highest BCUT2D eigenvalue weighted by Crippen LogP contribution is 2.67. The van der Waals surface area contributed by atoms with Crippen molar-refractivity contribution in [3.63, 3.8) is 0 Å². The third kappa shape index (κ3) is 7.19. The minimum absolute atomic E-state index is 0.00549. The minimum Gasteiger partial charge on any atom is -0.446 e. The number of ether oxygens (including phenoxy) is 1. The fourth-order valence-electron chi connectivity index (χ4n) is 10.7. The summed E-state index contributed by atoms with van der Waals surface area (Å²) < 4.78 is 6.02. The van der Waals surface area contributed by atoms with Crippen LogP contribution in [0.3, 0.4) is 0 Å². The van der Waals surface area contributed by atoms with E-state index in [2.05, 4.69) is 56.6 Å². The number of alkyl carbamates (subject to hydrolysis) is 1. The second-order valence-electron chi connectivity index (χ2n) is 16.7. The zero-order valence-corrected chi connectivity index (χ0v) is 29.1. The number of amides is 2. The number of nitrogens with zero attached hydrogens (tertiary/aromatic N) is 1. The lowest BCUT2D eigenvalue weighted by Gasteiger charge is -2.58. The van der Waals surface area contributed by atoms with Gasteiger partial charge in [-0.25, -0.2) is 4.79 Å². The zero-order chi connectivity index (χ0) is 31.6. The third-order valence-electron chi connectivity index (χ3n) is 13.2. The second kappa shape index (κ2) is 14.0. The van der Waals surface area contributed by atoms with Crippen LogP contribution in [0.1, 0.15) is 112 Å². The first kappa shape index (κ1) is 33.8. The molecule has 4 fully saturated rings. The van der Waals surface area contributed by atoms with E-state index < -0.39 is 0 Å². The summed E-state index contributed by atoms with van der Waals surface area (Å²) >= 11 is 0. The van der Waals surface area contributed by atoms with Gasteiger partial charge in [0.1, 0.15) is 6.10 Å². The van der Waals surface area contributed by atoms with Crippen molar-refractivity contribution >= 4 is 12.0 Å². The molecule has 250 valence electrons. The van der Waals surface area contributed by atoms with Crippen LogP contribution in [-0.4, -0.2) is 68.8 Å². The van der Waals surface area contributed by atoms with Gasteiger partial charge < -0.3 is 25.6 Å². The molecular formula is C37H64N4O3. The van der Waals surface area contributed by atoms with Crippen molar-refractivity contribution in [3.05, 3.63) is 11.6 Å². The molecule has 0 aromatic heterocycles. The van der Waals surface area contributed by atoms with Gasteiger partial charge in [-0.1, -0.05) is 65.5 Å². The fourth-order valence-corrected chi connectivity index (χ4v) is 10.7. The van der Waals surface area contributed by atoms with Gasteiger partial charge in [0.25, 0.3) is 0 Å². The van der Waals surface area contributed by atoms with E-state index in [1.54, 1.807) is 5.57 Å². The van der Waals surface area contributed by atoms with E-state index in [0.29, 0.717) is 24.9 Å². The number of hydrogen-bond acceptors (Lipinski definition) is 5. The lowest BCUT2D eigenvalue weighted by Crippen LogP contribution is -2.51. The molecule has 0 aromatic carbocycles. The molecule has 10 atom stereocenters. The van der Waals surface area contributed by atoms with Crippen LogP contribution in [0.15, 0.2) is 11.6 Å². The molecular weight excluding hydrogens is 548 g/mol. The Morgan fingerprint density at radius 2 is 1.86 bits per heavy atom. The molecule has 4 aliphatic carbocycles. The number of rotatable bonds is 11. The molecule has 1 saturated heterocycles. The third-order valence-corrected chi connectivity index (χ3v) is 13.2. The first-order valence-corrected chi connectivity index (χ1v) is 18.2. The van der Waals surface area contributed by atoms with Gasteiger partial charge in [0.05, 0.1) is 6.04 Å². The van der Waals surface area contributed by atoms with Gasteiger partial charge in [-0.3, -0.25) is 4.79 Å². The van der Waals surface area contributed by atoms with Gasteiger partial charge in [0.2, 0.25) is 5.91 Å². The van der Waals surface area contributed by atoms with Crippen molar-refractivity contribution in [1.29, 1.82) is 0 Å². The van der Waals surface area contributed by atoms with Crippen molar-refractivity contribution in [2.75, 3.05) is 33.7 Å². The highest BCUT2D eigenvalue weighted by atomic mass is 16.6. The summed E-state index contributed by atoms with van der Waals surface area (Å²) in [6, 6.07) is -0.348. The van der Waals surface area contributed by atoms with E-state index in [4.69, 9.17) is 4.74 Å². The second-order valence-corrected chi connectivity index (χ2v) is 16.7. The SMILES string of the molecule is CC(C)CCC[C@@H](C)[C@H]1CCC2C3CC=C4CC(OC(=O)N[C@@H]5CNC(C(=O)NCCN(C)C)C5)CC[C@]4(C)C3CC[C@@]21C. The molecule has 5 aliphatic rings. The monoisotopic (exact) mass is 612 g/mol. The summed E-state index contributed by atoms with van der Waals surface area (Å²) in [6.45, 7) is 14.5. The summed E-state index contributed by atoms with van der Waals surface area (Å²) in [4.78, 5) is 27.4. The Balaban J connectivity index is 1.12. The number of allylic oxidation sites excluding steroid dienone is 1. The van der Waals surface area contributed by atoms with E-state index in [1.165, 1.54) is 51.4 Å². The van der Waals surface area contributed by atoms with E-state index in [9.17, 15) is 9.59 Å². The van der Waals surface area contributed by atoms with Gasteiger partial charge >= 0.3 is 6.09 Å². The molecule has 1 heterocycles. The lowest BCUT2D eigenvalue weighted by molar-refractivity contribution is -0.122. The van der Waals surface area contributed by atoms with Gasteiger partial charge in [-0.15, -0.1) is 0 Å². The van der Waals surface area contributed by atoms with E-state index in [0.717, 1.165) is 61.3 Å². The van der Waals surface area contributed by atoms with Crippen molar-refractivity contribution in [2.45, 2.75) is 130 Å². The van der Waals surface area contributed by atoms with E-state index in [1.807, 2.05) is 19.0 Å². The molecule has 3 saturated carbocycles. The Morgan fingerprint density at radius 3 is 2.61 bits per heavy atom. The maximum absolute atomic E-state index is 12.9. The number of likely N-dealkylation sites (N-methyl/N-ethyl adjacent to an activating group) is 1. The normalized spacial score (nSPS) is 38.8. The van der Waals surface area contributed by atoms with Gasteiger partial charge in [0.15, 0.2) is 0 Å². The van der Waals surface area contributed by atoms with E-state index >= 15 is 0 Å². The Hall–Kier alpha value is -1.60. The van der Waals surface area contributed by atoms with Crippen LogP contribution in [0.5, 0.6) is 0 Å². The first-order chi connectivity index (χ1) is 20.9. The number of hydrogen-bond donors (Lipinski definition) is 3. The number of fused-ring (bicyclic) bond motifs is 5. The maximum Gasteiger partial charge on any atom is 0.407 e. The maximum atomic E-state index is 12.9. The molecule has 1 aliphatic heterocycles. The Bertz CT molecular complexity index is 1040. The molecule has 3 N–H and O–H groups in total. The summed E-state index contributed by atoms with van der Waals surface area (Å²) in [5.74, 6) is 5.02. The predicted octanol–water partition coefficient (Wildman–Crippen LogP) is 6.53. The molecule has 7 heteroatoms. The van der Waals surface area contributed by atoms with E-state index in [-0.39, 0.29) is 35.6 Å². The van der Waals surface area contributed by atoms with Gasteiger partial charge in [-0.05, 0) is 112 Å². The van der Waals surface area contributed by atoms with Crippen LogP contribution in [0, 0.1) is 46.3 Å². The largest absolute Gasteiger partial charge is 0.446 e. The molecule has 5 rings (SSSR count). The molecule has 5 unspecified atom stereocenters. The van der Waals surface area contributed by atoms with Crippen molar-refractivity contribution in [3.8, 4) is 0 Å². The predicted molar refractivity (Wildman–Crippen MR) is 178 cm³/mol. The Labute approximate surface area is 268 Å². The molecule has 2 amide bonds. The molecule has 7 nitrogen and oxygen atoms in total. The number of carbonyl (C=O) groups is 2. The molecule has 0 radical (unpaired) electrons. The van der Waals surface area contributed by atoms with Crippen molar-refractivity contribution < 1.29 is 14.3 Å². The summed E-state index contributed by atoms with van der Waals surface area (Å²) in [7, 11) is 3.98. The van der Waals surface area contributed by atoms with Crippen LogP contribution in [-0.2, 0) is 9.53 Å². The van der Waals surface area contributed by atoms with Crippen LogP contribution >= 0.6 is 0 Å². The zero-order valence-electron chi connectivity index (χ0n) is 29.1. The highest BCUT2D eigenvalue weighted by molar-refractivity contribution is 5.82. The standard InChI is InChI=1S/C37H64N4O3/c1-24(2)9-8-10-25(3)30-13-14-31-29-12-11-26-21-28(15-17-36(26,4)32(29)16-18-37(30,31)5)44-35(43)40-27-22-33(39-23-27)34(42)38-19-20-41(6)7/h11,24-25,27-33,39H,8-10,12-23H2,1-7H3,(H,38,42)(H,40,43)/t25-,27+,28?,29?,30-,31?,32?,33?,36+,37-/m1/s1. The molecule has 0 spiro atoms. The molecule has 0 bridgehead atoms. The van der Waals surface area contributed by atoms with Gasteiger partial charge in [-0.2, -0.15) is 0 Å². The van der Waals surface area contributed by atoms with Crippen LogP contribution in [0.25, 0.3) is 0 Å². The van der Waals surface area contributed by atoms with Crippen LogP contribution < -0.4 is 16.0 Å². The van der Waals surface area contributed by atoms with Gasteiger partial charge in [0, 0.05) is 32.1 Å². The summed E-state index contributed by atoms with van der Waals surface area (Å²) in [5.41, 5.74) is 2.32. The highest BCUT2D eigenvalue weighted by Gasteiger charge is 2.59.